The normalized spacial score (nSPS) is 14.8. The predicted octanol–water partition coefficient (Wildman–Crippen LogP) is 2.75. The van der Waals surface area contributed by atoms with Crippen molar-refractivity contribution in [3.8, 4) is 0 Å². The van der Waals surface area contributed by atoms with Crippen LogP contribution < -0.4 is 5.32 Å². The first-order valence-electron chi connectivity index (χ1n) is 9.95. The topological polar surface area (TPSA) is 74.2 Å². The van der Waals surface area contributed by atoms with E-state index in [2.05, 4.69) is 15.2 Å². The van der Waals surface area contributed by atoms with Gasteiger partial charge in [0.25, 0.3) is 5.91 Å². The van der Waals surface area contributed by atoms with E-state index in [0.29, 0.717) is 25.2 Å². The number of likely N-dealkylation sites (tertiary alicyclic amines) is 1. The SMILES string of the molecule is CCN(CC)C(=O)c1ccc(CNC(=NC)N2CCC(C(=O)OC)CC2)cc1.I. The summed E-state index contributed by atoms with van der Waals surface area (Å²) in [6, 6.07) is 7.70. The number of benzene rings is 1. The lowest BCUT2D eigenvalue weighted by molar-refractivity contribution is -0.146. The first-order chi connectivity index (χ1) is 13.5. The number of nitrogens with zero attached hydrogens (tertiary/aromatic N) is 3. The van der Waals surface area contributed by atoms with Crippen LogP contribution in [0, 0.1) is 5.92 Å². The zero-order chi connectivity index (χ0) is 20.5. The zero-order valence-electron chi connectivity index (χ0n) is 17.8. The van der Waals surface area contributed by atoms with Gasteiger partial charge in [-0.2, -0.15) is 0 Å². The lowest BCUT2D eigenvalue weighted by Crippen LogP contribution is -2.46. The Balaban J connectivity index is 0.00000420. The van der Waals surface area contributed by atoms with Crippen molar-refractivity contribution in [1.82, 2.24) is 15.1 Å². The number of amides is 1. The summed E-state index contributed by atoms with van der Waals surface area (Å²) in [5, 5.41) is 3.37. The molecule has 0 unspecified atom stereocenters. The zero-order valence-corrected chi connectivity index (χ0v) is 20.1. The molecule has 0 spiro atoms. The minimum Gasteiger partial charge on any atom is -0.469 e. The third-order valence-corrected chi connectivity index (χ3v) is 5.24. The predicted molar refractivity (Wildman–Crippen MR) is 126 cm³/mol. The van der Waals surface area contributed by atoms with Gasteiger partial charge in [0, 0.05) is 45.3 Å². The molecule has 8 heteroatoms. The maximum Gasteiger partial charge on any atom is 0.308 e. The van der Waals surface area contributed by atoms with E-state index < -0.39 is 0 Å². The molecule has 1 saturated heterocycles. The van der Waals surface area contributed by atoms with E-state index in [-0.39, 0.29) is 41.8 Å². The van der Waals surface area contributed by atoms with Gasteiger partial charge in [0.05, 0.1) is 13.0 Å². The summed E-state index contributed by atoms with van der Waals surface area (Å²) in [6.07, 6.45) is 1.55. The van der Waals surface area contributed by atoms with Crippen LogP contribution in [0.15, 0.2) is 29.3 Å². The van der Waals surface area contributed by atoms with Crippen LogP contribution >= 0.6 is 24.0 Å². The Hall–Kier alpha value is -1.84. The molecule has 0 saturated carbocycles. The fourth-order valence-electron chi connectivity index (χ4n) is 3.47. The molecule has 1 fully saturated rings. The van der Waals surface area contributed by atoms with E-state index in [1.54, 1.807) is 7.05 Å². The molecular formula is C21H33IN4O3. The maximum absolute atomic E-state index is 12.4. The van der Waals surface area contributed by atoms with Gasteiger partial charge in [-0.1, -0.05) is 12.1 Å². The Morgan fingerprint density at radius 3 is 2.24 bits per heavy atom. The molecule has 2 rings (SSSR count). The molecule has 0 atom stereocenters. The molecule has 7 nitrogen and oxygen atoms in total. The quantitative estimate of drug-likeness (QED) is 0.273. The van der Waals surface area contributed by atoms with Gasteiger partial charge in [0.2, 0.25) is 0 Å². The van der Waals surface area contributed by atoms with Crippen molar-refractivity contribution in [2.24, 2.45) is 10.9 Å². The van der Waals surface area contributed by atoms with Crippen molar-refractivity contribution >= 4 is 41.8 Å². The number of nitrogens with one attached hydrogen (secondary N) is 1. The van der Waals surface area contributed by atoms with Gasteiger partial charge in [0.1, 0.15) is 0 Å². The Morgan fingerprint density at radius 2 is 1.76 bits per heavy atom. The molecule has 0 radical (unpaired) electrons. The van der Waals surface area contributed by atoms with Gasteiger partial charge in [0.15, 0.2) is 5.96 Å². The molecule has 0 aromatic heterocycles. The van der Waals surface area contributed by atoms with Crippen molar-refractivity contribution in [2.45, 2.75) is 33.2 Å². The lowest BCUT2D eigenvalue weighted by Gasteiger charge is -2.33. The minimum absolute atomic E-state index is 0. The summed E-state index contributed by atoms with van der Waals surface area (Å²) in [5.74, 6) is 0.748. The average molecular weight is 516 g/mol. The van der Waals surface area contributed by atoms with Crippen LogP contribution in [0.4, 0.5) is 0 Å². The number of esters is 1. The highest BCUT2D eigenvalue weighted by atomic mass is 127. The first-order valence-corrected chi connectivity index (χ1v) is 9.95. The Kier molecular flexibility index (Phi) is 11.0. The van der Waals surface area contributed by atoms with Crippen LogP contribution in [0.3, 0.4) is 0 Å². The second-order valence-electron chi connectivity index (χ2n) is 6.86. The third-order valence-electron chi connectivity index (χ3n) is 5.24. The number of guanidine groups is 1. The molecule has 0 aliphatic carbocycles. The fraction of sp³-hybridized carbons (Fsp3) is 0.571. The minimum atomic E-state index is -0.123. The number of carbonyl (C=O) groups is 2. The van der Waals surface area contributed by atoms with Crippen LogP contribution in [-0.2, 0) is 16.1 Å². The van der Waals surface area contributed by atoms with Crippen LogP contribution in [0.5, 0.6) is 0 Å². The van der Waals surface area contributed by atoms with E-state index in [1.807, 2.05) is 43.0 Å². The Labute approximate surface area is 190 Å². The smallest absolute Gasteiger partial charge is 0.308 e. The van der Waals surface area contributed by atoms with Crippen molar-refractivity contribution in [3.63, 3.8) is 0 Å². The number of hydrogen-bond donors (Lipinski definition) is 1. The molecule has 1 aromatic carbocycles. The molecule has 1 N–H and O–H groups in total. The molecule has 1 aromatic rings. The van der Waals surface area contributed by atoms with Crippen LogP contribution in [-0.4, -0.2) is 68.0 Å². The van der Waals surface area contributed by atoms with Crippen LogP contribution in [0.2, 0.25) is 0 Å². The van der Waals surface area contributed by atoms with E-state index in [4.69, 9.17) is 4.74 Å². The van der Waals surface area contributed by atoms with E-state index in [0.717, 1.165) is 37.5 Å². The first kappa shape index (κ1) is 25.2. The fourth-order valence-corrected chi connectivity index (χ4v) is 3.47. The maximum atomic E-state index is 12.4. The number of rotatable bonds is 6. The number of piperidine rings is 1. The van der Waals surface area contributed by atoms with Crippen molar-refractivity contribution in [3.05, 3.63) is 35.4 Å². The van der Waals surface area contributed by atoms with Crippen molar-refractivity contribution in [1.29, 1.82) is 0 Å². The van der Waals surface area contributed by atoms with Crippen molar-refractivity contribution in [2.75, 3.05) is 40.3 Å². The number of halogens is 1. The largest absolute Gasteiger partial charge is 0.469 e. The Morgan fingerprint density at radius 1 is 1.17 bits per heavy atom. The highest BCUT2D eigenvalue weighted by Crippen LogP contribution is 2.18. The molecule has 1 heterocycles. The molecule has 29 heavy (non-hydrogen) atoms. The van der Waals surface area contributed by atoms with Gasteiger partial charge >= 0.3 is 5.97 Å². The summed E-state index contributed by atoms with van der Waals surface area (Å²) in [4.78, 5) is 32.4. The van der Waals surface area contributed by atoms with Gasteiger partial charge in [-0.3, -0.25) is 14.6 Å². The molecule has 0 bridgehead atoms. The molecule has 1 amide bonds. The number of hydrogen-bond acceptors (Lipinski definition) is 4. The lowest BCUT2D eigenvalue weighted by atomic mass is 9.97. The highest BCUT2D eigenvalue weighted by Gasteiger charge is 2.26. The summed E-state index contributed by atoms with van der Waals surface area (Å²) in [6.45, 7) is 7.57. The van der Waals surface area contributed by atoms with Gasteiger partial charge < -0.3 is 19.9 Å². The third kappa shape index (κ3) is 6.87. The van der Waals surface area contributed by atoms with Crippen LogP contribution in [0.25, 0.3) is 0 Å². The standard InChI is InChI=1S/C21H32N4O3.HI/c1-5-24(6-2)19(26)17-9-7-16(8-10-17)15-23-21(22-3)25-13-11-18(12-14-25)20(27)28-4;/h7-10,18H,5-6,11-15H2,1-4H3,(H,22,23);1H. The summed E-state index contributed by atoms with van der Waals surface area (Å²) >= 11 is 0. The number of aliphatic imine (C=N–C) groups is 1. The van der Waals surface area contributed by atoms with Gasteiger partial charge in [-0.25, -0.2) is 0 Å². The summed E-state index contributed by atoms with van der Waals surface area (Å²) < 4.78 is 4.84. The second kappa shape index (κ2) is 12.7. The number of ether oxygens (including phenoxy) is 1. The summed E-state index contributed by atoms with van der Waals surface area (Å²) in [7, 11) is 3.20. The van der Waals surface area contributed by atoms with Gasteiger partial charge in [-0.15, -0.1) is 24.0 Å². The monoisotopic (exact) mass is 516 g/mol. The summed E-state index contributed by atoms with van der Waals surface area (Å²) in [5.41, 5.74) is 1.79. The number of carbonyl (C=O) groups excluding carboxylic acids is 2. The van der Waals surface area contributed by atoms with Crippen LogP contribution in [0.1, 0.15) is 42.6 Å². The molecule has 162 valence electrons. The van der Waals surface area contributed by atoms with Gasteiger partial charge in [-0.05, 0) is 44.4 Å². The van der Waals surface area contributed by atoms with E-state index in [9.17, 15) is 9.59 Å². The van der Waals surface area contributed by atoms with E-state index in [1.165, 1.54) is 7.11 Å². The number of methoxy groups -OCH3 is 1. The van der Waals surface area contributed by atoms with Crippen molar-refractivity contribution < 1.29 is 14.3 Å². The average Bonchev–Trinajstić information content (AvgIpc) is 2.75. The molecule has 1 aliphatic rings. The second-order valence-corrected chi connectivity index (χ2v) is 6.86. The Bertz CT molecular complexity index is 682. The molecule has 1 aliphatic heterocycles. The highest BCUT2D eigenvalue weighted by molar-refractivity contribution is 14.0. The van der Waals surface area contributed by atoms with E-state index >= 15 is 0 Å². The molecular weight excluding hydrogens is 483 g/mol.